The standard InChI is InChI=1S/C18H22N2O3S/c1-5-13-11-18(13,17(2,3)4)16(21)20-24(22,23)14-8-6-7-12-9-10-19-15(12)14/h5-10,13,19H,1,11H2,2-4H3,(H,20,21)/t13-,18-/m1/s1. The number of carbonyl (C=O) groups excluding carboxylic acids is 1. The molecule has 1 aromatic carbocycles. The zero-order valence-electron chi connectivity index (χ0n) is 14.1. The highest BCUT2D eigenvalue weighted by Gasteiger charge is 2.65. The van der Waals surface area contributed by atoms with E-state index in [4.69, 9.17) is 0 Å². The lowest BCUT2D eigenvalue weighted by molar-refractivity contribution is -0.128. The van der Waals surface area contributed by atoms with Gasteiger partial charge in [0.1, 0.15) is 4.90 Å². The van der Waals surface area contributed by atoms with E-state index in [1.807, 2.05) is 26.8 Å². The number of nitrogens with one attached hydrogen (secondary N) is 2. The number of aromatic nitrogens is 1. The zero-order valence-corrected chi connectivity index (χ0v) is 14.9. The molecule has 1 fully saturated rings. The summed E-state index contributed by atoms with van der Waals surface area (Å²) < 4.78 is 27.8. The molecule has 2 atom stereocenters. The maximum atomic E-state index is 12.9. The summed E-state index contributed by atoms with van der Waals surface area (Å²) in [5.41, 5.74) is -0.589. The van der Waals surface area contributed by atoms with E-state index in [0.717, 1.165) is 5.39 Å². The molecule has 0 unspecified atom stereocenters. The van der Waals surface area contributed by atoms with Gasteiger partial charge in [-0.1, -0.05) is 39.0 Å². The molecule has 24 heavy (non-hydrogen) atoms. The maximum absolute atomic E-state index is 12.9. The van der Waals surface area contributed by atoms with Gasteiger partial charge in [-0.25, -0.2) is 13.1 Å². The summed E-state index contributed by atoms with van der Waals surface area (Å²) in [6.07, 6.45) is 4.04. The van der Waals surface area contributed by atoms with Gasteiger partial charge in [-0.2, -0.15) is 0 Å². The van der Waals surface area contributed by atoms with Gasteiger partial charge in [-0.15, -0.1) is 6.58 Å². The van der Waals surface area contributed by atoms with Crippen molar-refractivity contribution in [1.82, 2.24) is 9.71 Å². The van der Waals surface area contributed by atoms with Crippen molar-refractivity contribution in [2.45, 2.75) is 32.1 Å². The van der Waals surface area contributed by atoms with Crippen LogP contribution in [0.2, 0.25) is 0 Å². The Morgan fingerprint density at radius 1 is 1.38 bits per heavy atom. The van der Waals surface area contributed by atoms with Crippen LogP contribution in [0.1, 0.15) is 27.2 Å². The highest BCUT2D eigenvalue weighted by atomic mass is 32.2. The van der Waals surface area contributed by atoms with Crippen LogP contribution in [0.15, 0.2) is 48.0 Å². The van der Waals surface area contributed by atoms with Crippen LogP contribution in [0.3, 0.4) is 0 Å². The first-order valence-electron chi connectivity index (χ1n) is 7.89. The lowest BCUT2D eigenvalue weighted by Crippen LogP contribution is -2.43. The van der Waals surface area contributed by atoms with E-state index >= 15 is 0 Å². The predicted octanol–water partition coefficient (Wildman–Crippen LogP) is 3.21. The van der Waals surface area contributed by atoms with E-state index in [1.54, 1.807) is 24.4 Å². The summed E-state index contributed by atoms with van der Waals surface area (Å²) in [6, 6.07) is 6.77. The molecule has 2 N–H and O–H groups in total. The molecule has 0 bridgehead atoms. The van der Waals surface area contributed by atoms with Crippen molar-refractivity contribution in [3.8, 4) is 0 Å². The number of para-hydroxylation sites is 1. The number of benzene rings is 1. The number of amides is 1. The predicted molar refractivity (Wildman–Crippen MR) is 93.8 cm³/mol. The molecule has 3 rings (SSSR count). The second kappa shape index (κ2) is 5.21. The molecule has 1 saturated carbocycles. The molecular formula is C18H22N2O3S. The summed E-state index contributed by atoms with van der Waals surface area (Å²) in [4.78, 5) is 15.9. The third kappa shape index (κ3) is 2.36. The SMILES string of the molecule is C=C[C@@H]1C[C@@]1(C(=O)NS(=O)(=O)c1cccc2cc[nH]c12)C(C)(C)C. The van der Waals surface area contributed by atoms with Crippen molar-refractivity contribution in [2.75, 3.05) is 0 Å². The number of hydrogen-bond donors (Lipinski definition) is 2. The molecule has 2 aromatic rings. The molecule has 1 amide bonds. The second-order valence-electron chi connectivity index (χ2n) is 7.40. The quantitative estimate of drug-likeness (QED) is 0.834. The average molecular weight is 346 g/mol. The van der Waals surface area contributed by atoms with Crippen LogP contribution >= 0.6 is 0 Å². The molecule has 1 aliphatic rings. The molecule has 128 valence electrons. The third-order valence-electron chi connectivity index (χ3n) is 5.11. The molecule has 1 aliphatic carbocycles. The van der Waals surface area contributed by atoms with Gasteiger partial charge in [-0.3, -0.25) is 4.79 Å². The van der Waals surface area contributed by atoms with Crippen LogP contribution in [-0.2, 0) is 14.8 Å². The van der Waals surface area contributed by atoms with Crippen LogP contribution in [0.25, 0.3) is 10.9 Å². The minimum Gasteiger partial charge on any atom is -0.360 e. The van der Waals surface area contributed by atoms with Crippen LogP contribution in [-0.4, -0.2) is 19.3 Å². The fourth-order valence-electron chi connectivity index (χ4n) is 3.58. The van der Waals surface area contributed by atoms with Gasteiger partial charge in [0.2, 0.25) is 5.91 Å². The Bertz CT molecular complexity index is 921. The summed E-state index contributed by atoms with van der Waals surface area (Å²) in [7, 11) is -3.96. The van der Waals surface area contributed by atoms with Gasteiger partial charge in [0, 0.05) is 11.6 Å². The fraction of sp³-hybridized carbons (Fsp3) is 0.389. The lowest BCUT2D eigenvalue weighted by atomic mass is 9.75. The van der Waals surface area contributed by atoms with E-state index in [-0.39, 0.29) is 16.2 Å². The van der Waals surface area contributed by atoms with Crippen molar-refractivity contribution in [3.63, 3.8) is 0 Å². The Hall–Kier alpha value is -2.08. The number of carbonyl (C=O) groups is 1. The molecule has 1 aromatic heterocycles. The first kappa shape index (κ1) is 16.8. The Morgan fingerprint density at radius 3 is 2.67 bits per heavy atom. The van der Waals surface area contributed by atoms with Crippen molar-refractivity contribution in [2.24, 2.45) is 16.7 Å². The molecule has 0 radical (unpaired) electrons. The molecule has 0 spiro atoms. The Morgan fingerprint density at radius 2 is 2.08 bits per heavy atom. The fourth-order valence-corrected chi connectivity index (χ4v) is 4.82. The summed E-state index contributed by atoms with van der Waals surface area (Å²) in [5, 5.41) is 0.784. The first-order chi connectivity index (χ1) is 11.1. The minimum atomic E-state index is -3.96. The molecule has 0 saturated heterocycles. The number of aromatic amines is 1. The number of sulfonamides is 1. The number of fused-ring (bicyclic) bond motifs is 1. The smallest absolute Gasteiger partial charge is 0.266 e. The third-order valence-corrected chi connectivity index (χ3v) is 6.48. The van der Waals surface area contributed by atoms with Gasteiger partial charge < -0.3 is 4.98 Å². The normalized spacial score (nSPS) is 23.9. The van der Waals surface area contributed by atoms with Crippen LogP contribution in [0, 0.1) is 16.7 Å². The van der Waals surface area contributed by atoms with Gasteiger partial charge in [0.15, 0.2) is 0 Å². The first-order valence-corrected chi connectivity index (χ1v) is 9.38. The highest BCUT2D eigenvalue weighted by molar-refractivity contribution is 7.90. The molecule has 1 heterocycles. The Balaban J connectivity index is 1.97. The number of rotatable bonds is 4. The van der Waals surface area contributed by atoms with Gasteiger partial charge in [-0.05, 0) is 29.9 Å². The topological polar surface area (TPSA) is 79.0 Å². The Kier molecular flexibility index (Phi) is 3.64. The minimum absolute atomic E-state index is 0.00557. The van der Waals surface area contributed by atoms with Gasteiger partial charge in [0.05, 0.1) is 10.9 Å². The largest absolute Gasteiger partial charge is 0.360 e. The summed E-state index contributed by atoms with van der Waals surface area (Å²) in [5.74, 6) is -0.461. The maximum Gasteiger partial charge on any atom is 0.266 e. The van der Waals surface area contributed by atoms with E-state index in [9.17, 15) is 13.2 Å². The van der Waals surface area contributed by atoms with Crippen LogP contribution in [0.5, 0.6) is 0 Å². The number of allylic oxidation sites excluding steroid dienone is 1. The van der Waals surface area contributed by atoms with E-state index in [1.165, 1.54) is 6.07 Å². The summed E-state index contributed by atoms with van der Waals surface area (Å²) >= 11 is 0. The van der Waals surface area contributed by atoms with Crippen LogP contribution < -0.4 is 4.72 Å². The van der Waals surface area contributed by atoms with E-state index < -0.39 is 21.3 Å². The molecular weight excluding hydrogens is 324 g/mol. The van der Waals surface area contributed by atoms with E-state index in [2.05, 4.69) is 16.3 Å². The lowest BCUT2D eigenvalue weighted by Gasteiger charge is -2.30. The highest BCUT2D eigenvalue weighted by Crippen LogP contribution is 2.64. The van der Waals surface area contributed by atoms with Crippen molar-refractivity contribution >= 4 is 26.8 Å². The Labute approximate surface area is 142 Å². The van der Waals surface area contributed by atoms with Gasteiger partial charge in [0.25, 0.3) is 10.0 Å². The average Bonchev–Trinajstić information content (AvgIpc) is 3.08. The molecule has 6 heteroatoms. The van der Waals surface area contributed by atoms with Crippen molar-refractivity contribution in [3.05, 3.63) is 43.1 Å². The second-order valence-corrected chi connectivity index (χ2v) is 9.05. The number of hydrogen-bond acceptors (Lipinski definition) is 3. The summed E-state index contributed by atoms with van der Waals surface area (Å²) in [6.45, 7) is 9.63. The van der Waals surface area contributed by atoms with E-state index in [0.29, 0.717) is 11.9 Å². The number of H-pyrrole nitrogens is 1. The van der Waals surface area contributed by atoms with Crippen molar-refractivity contribution < 1.29 is 13.2 Å². The zero-order chi connectivity index (χ0) is 17.8. The molecule has 0 aliphatic heterocycles. The molecule has 5 nitrogen and oxygen atoms in total. The van der Waals surface area contributed by atoms with Gasteiger partial charge >= 0.3 is 0 Å². The van der Waals surface area contributed by atoms with Crippen LogP contribution in [0.4, 0.5) is 0 Å². The van der Waals surface area contributed by atoms with Crippen molar-refractivity contribution in [1.29, 1.82) is 0 Å². The monoisotopic (exact) mass is 346 g/mol.